The summed E-state index contributed by atoms with van der Waals surface area (Å²) in [5.74, 6) is 0.334. The quantitative estimate of drug-likeness (QED) is 0.424. The normalized spacial score (nSPS) is 11.6. The number of para-hydroxylation sites is 1. The van der Waals surface area contributed by atoms with Crippen LogP contribution in [0.25, 0.3) is 5.69 Å². The molecule has 0 bridgehead atoms. The number of carbonyl (C=O) groups is 1. The maximum absolute atomic E-state index is 12.5. The lowest BCUT2D eigenvalue weighted by Gasteiger charge is -2.06. The molecule has 0 fully saturated rings. The van der Waals surface area contributed by atoms with Crippen LogP contribution in [0, 0.1) is 0 Å². The molecule has 27 heavy (non-hydrogen) atoms. The van der Waals surface area contributed by atoms with Gasteiger partial charge in [-0.05, 0) is 30.7 Å². The summed E-state index contributed by atoms with van der Waals surface area (Å²) in [7, 11) is -3.19. The summed E-state index contributed by atoms with van der Waals surface area (Å²) in [6.45, 7) is 0.330. The third-order valence-electron chi connectivity index (χ3n) is 3.65. The van der Waals surface area contributed by atoms with Gasteiger partial charge >= 0.3 is 0 Å². The van der Waals surface area contributed by atoms with Crippen LogP contribution in [-0.4, -0.2) is 42.3 Å². The van der Waals surface area contributed by atoms with Gasteiger partial charge in [0.1, 0.15) is 0 Å². The second-order valence-electron chi connectivity index (χ2n) is 5.81. The van der Waals surface area contributed by atoms with E-state index in [0.29, 0.717) is 23.6 Å². The number of nitrogens with zero attached hydrogens (tertiary/aromatic N) is 2. The Morgan fingerprint density at radius 3 is 2.74 bits per heavy atom. The number of thioether (sulfide) groups is 1. The van der Waals surface area contributed by atoms with Gasteiger partial charge in [0, 0.05) is 29.5 Å². The van der Waals surface area contributed by atoms with Crippen molar-refractivity contribution < 1.29 is 13.2 Å². The molecule has 3 rings (SSSR count). The van der Waals surface area contributed by atoms with Crippen LogP contribution in [0.4, 0.5) is 0 Å². The predicted octanol–water partition coefficient (Wildman–Crippen LogP) is 3.00. The molecule has 1 aromatic carbocycles. The number of aromatic nitrogens is 2. The first kappa shape index (κ1) is 19.8. The van der Waals surface area contributed by atoms with Gasteiger partial charge in [0.15, 0.2) is 10.9 Å². The van der Waals surface area contributed by atoms with Gasteiger partial charge in [-0.25, -0.2) is 18.1 Å². The molecule has 0 aliphatic heterocycles. The summed E-state index contributed by atoms with van der Waals surface area (Å²) in [6.07, 6.45) is 5.29. The van der Waals surface area contributed by atoms with E-state index in [0.717, 1.165) is 22.0 Å². The van der Waals surface area contributed by atoms with Gasteiger partial charge in [-0.2, -0.15) is 0 Å². The van der Waals surface area contributed by atoms with Crippen molar-refractivity contribution in [2.75, 3.05) is 18.6 Å². The minimum absolute atomic E-state index is 0.0370. The molecule has 0 aliphatic carbocycles. The Labute approximate surface area is 166 Å². The lowest BCUT2D eigenvalue weighted by atomic mass is 10.3. The van der Waals surface area contributed by atoms with E-state index in [2.05, 4.69) is 9.71 Å². The van der Waals surface area contributed by atoms with E-state index in [9.17, 15) is 13.2 Å². The van der Waals surface area contributed by atoms with E-state index in [1.807, 2.05) is 47.2 Å². The zero-order valence-corrected chi connectivity index (χ0v) is 17.1. The zero-order valence-electron chi connectivity index (χ0n) is 14.7. The lowest BCUT2D eigenvalue weighted by Crippen LogP contribution is -2.23. The van der Waals surface area contributed by atoms with Gasteiger partial charge in [0.2, 0.25) is 10.0 Å². The number of nitrogens with one attached hydrogen (secondary N) is 1. The van der Waals surface area contributed by atoms with Crippen LogP contribution in [0.5, 0.6) is 0 Å². The molecule has 0 saturated carbocycles. The van der Waals surface area contributed by atoms with Crippen LogP contribution >= 0.6 is 23.1 Å². The van der Waals surface area contributed by atoms with E-state index >= 15 is 0 Å². The monoisotopic (exact) mass is 421 g/mol. The van der Waals surface area contributed by atoms with Gasteiger partial charge in [-0.1, -0.05) is 30.0 Å². The van der Waals surface area contributed by atoms with Crippen molar-refractivity contribution in [3.8, 4) is 5.69 Å². The zero-order chi connectivity index (χ0) is 19.3. The van der Waals surface area contributed by atoms with Gasteiger partial charge in [0.05, 0.1) is 16.9 Å². The number of ketones is 1. The van der Waals surface area contributed by atoms with Crippen LogP contribution < -0.4 is 4.72 Å². The average molecular weight is 422 g/mol. The minimum Gasteiger partial charge on any atom is -0.295 e. The lowest BCUT2D eigenvalue weighted by molar-refractivity contribution is 0.102. The number of hydrogen-bond acceptors (Lipinski definition) is 6. The van der Waals surface area contributed by atoms with E-state index in [4.69, 9.17) is 0 Å². The molecule has 0 spiro atoms. The standard InChI is InChI=1S/C18H19N3O3S3/c1-27(23,24)20-10-9-15-7-8-17(26-15)16(22)13-25-18-19-11-12-21(18)14-5-3-2-4-6-14/h2-8,11-12,20H,9-10,13H2,1H3. The first-order valence-electron chi connectivity index (χ1n) is 8.20. The van der Waals surface area contributed by atoms with Crippen molar-refractivity contribution >= 4 is 38.9 Å². The van der Waals surface area contributed by atoms with Crippen molar-refractivity contribution in [3.63, 3.8) is 0 Å². The highest BCUT2D eigenvalue weighted by atomic mass is 32.2. The predicted molar refractivity (Wildman–Crippen MR) is 109 cm³/mol. The van der Waals surface area contributed by atoms with E-state index in [-0.39, 0.29) is 5.78 Å². The molecule has 6 nitrogen and oxygen atoms in total. The number of Topliss-reactive ketones (excluding diaryl/α,β-unsaturated/α-hetero) is 1. The summed E-state index contributed by atoms with van der Waals surface area (Å²) in [5, 5.41) is 0.767. The number of imidazole rings is 1. The third-order valence-corrected chi connectivity index (χ3v) is 6.53. The molecule has 2 aromatic heterocycles. The molecule has 142 valence electrons. The highest BCUT2D eigenvalue weighted by Crippen LogP contribution is 2.24. The molecule has 0 aliphatic rings. The summed E-state index contributed by atoms with van der Waals surface area (Å²) >= 11 is 2.80. The number of benzene rings is 1. The Kier molecular flexibility index (Phi) is 6.48. The number of rotatable bonds is 9. The van der Waals surface area contributed by atoms with E-state index in [1.165, 1.54) is 23.1 Å². The maximum atomic E-state index is 12.5. The van der Waals surface area contributed by atoms with Gasteiger partial charge < -0.3 is 0 Å². The van der Waals surface area contributed by atoms with Crippen molar-refractivity contribution in [1.29, 1.82) is 0 Å². The smallest absolute Gasteiger partial charge is 0.208 e. The summed E-state index contributed by atoms with van der Waals surface area (Å²) in [5.41, 5.74) is 1.00. The fraction of sp³-hybridized carbons (Fsp3) is 0.222. The summed E-state index contributed by atoms with van der Waals surface area (Å²) < 4.78 is 26.6. The first-order valence-corrected chi connectivity index (χ1v) is 11.9. The number of thiophene rings is 1. The molecule has 1 N–H and O–H groups in total. The Bertz CT molecular complexity index is 1010. The van der Waals surface area contributed by atoms with Gasteiger partial charge in [-0.15, -0.1) is 11.3 Å². The third kappa shape index (κ3) is 5.77. The Hall–Kier alpha value is -1.94. The molecule has 0 radical (unpaired) electrons. The Morgan fingerprint density at radius 1 is 1.22 bits per heavy atom. The topological polar surface area (TPSA) is 81.1 Å². The Balaban J connectivity index is 1.57. The first-order chi connectivity index (χ1) is 12.9. The molecule has 3 aromatic rings. The number of hydrogen-bond donors (Lipinski definition) is 1. The molecule has 0 atom stereocenters. The molecular formula is C18H19N3O3S3. The van der Waals surface area contributed by atoms with Crippen LogP contribution in [0.2, 0.25) is 0 Å². The van der Waals surface area contributed by atoms with E-state index < -0.39 is 10.0 Å². The SMILES string of the molecule is CS(=O)(=O)NCCc1ccc(C(=O)CSc2nccn2-c2ccccc2)s1. The molecular weight excluding hydrogens is 402 g/mol. The number of sulfonamides is 1. The van der Waals surface area contributed by atoms with Crippen LogP contribution in [0.3, 0.4) is 0 Å². The van der Waals surface area contributed by atoms with Crippen LogP contribution in [0.1, 0.15) is 14.5 Å². The average Bonchev–Trinajstić information content (AvgIpc) is 3.29. The van der Waals surface area contributed by atoms with Crippen molar-refractivity contribution in [1.82, 2.24) is 14.3 Å². The summed E-state index contributed by atoms with van der Waals surface area (Å²) in [4.78, 5) is 18.5. The van der Waals surface area contributed by atoms with Gasteiger partial charge in [-0.3, -0.25) is 9.36 Å². The highest BCUT2D eigenvalue weighted by Gasteiger charge is 2.13. The fourth-order valence-corrected chi connectivity index (χ4v) is 4.77. The van der Waals surface area contributed by atoms with E-state index in [1.54, 1.807) is 12.3 Å². The highest BCUT2D eigenvalue weighted by molar-refractivity contribution is 7.99. The molecule has 0 amide bonds. The Morgan fingerprint density at radius 2 is 2.00 bits per heavy atom. The number of carbonyl (C=O) groups excluding carboxylic acids is 1. The second-order valence-corrected chi connectivity index (χ2v) is 9.75. The molecule has 0 saturated heterocycles. The van der Waals surface area contributed by atoms with Crippen molar-refractivity contribution in [2.45, 2.75) is 11.6 Å². The van der Waals surface area contributed by atoms with Crippen LogP contribution in [-0.2, 0) is 16.4 Å². The summed E-state index contributed by atoms with van der Waals surface area (Å²) in [6, 6.07) is 13.5. The van der Waals surface area contributed by atoms with Crippen LogP contribution in [0.15, 0.2) is 60.0 Å². The molecule has 0 unspecified atom stereocenters. The largest absolute Gasteiger partial charge is 0.295 e. The van der Waals surface area contributed by atoms with Gasteiger partial charge in [0.25, 0.3) is 0 Å². The minimum atomic E-state index is -3.19. The molecule has 2 heterocycles. The molecule has 9 heteroatoms. The van der Waals surface area contributed by atoms with Crippen molar-refractivity contribution in [2.24, 2.45) is 0 Å². The second kappa shape index (κ2) is 8.83. The van der Waals surface area contributed by atoms with Crippen molar-refractivity contribution in [3.05, 3.63) is 64.6 Å². The maximum Gasteiger partial charge on any atom is 0.208 e. The fourth-order valence-electron chi connectivity index (χ4n) is 2.40.